The number of alkyl halides is 3. The van der Waals surface area contributed by atoms with E-state index in [4.69, 9.17) is 15.2 Å². The summed E-state index contributed by atoms with van der Waals surface area (Å²) in [5.41, 5.74) is 7.02. The minimum Gasteiger partial charge on any atom is -0.383 e. The van der Waals surface area contributed by atoms with Gasteiger partial charge in [0.25, 0.3) is 0 Å². The first-order valence-electron chi connectivity index (χ1n) is 10.3. The highest BCUT2D eigenvalue weighted by Crippen LogP contribution is 2.38. The number of morpholine rings is 1. The van der Waals surface area contributed by atoms with Crippen molar-refractivity contribution in [2.75, 3.05) is 25.5 Å². The summed E-state index contributed by atoms with van der Waals surface area (Å²) in [4.78, 5) is 9.15. The predicted octanol–water partition coefficient (Wildman–Crippen LogP) is 3.46. The van der Waals surface area contributed by atoms with Crippen molar-refractivity contribution < 1.29 is 32.1 Å². The van der Waals surface area contributed by atoms with Crippen LogP contribution in [-0.4, -0.2) is 39.7 Å². The van der Waals surface area contributed by atoms with Gasteiger partial charge in [-0.25, -0.2) is 9.37 Å². The first-order valence-corrected chi connectivity index (χ1v) is 10.3. The van der Waals surface area contributed by atoms with Crippen LogP contribution in [0.3, 0.4) is 0 Å². The average molecular weight is 464 g/mol. The molecule has 174 valence electrons. The highest BCUT2D eigenvalue weighted by molar-refractivity contribution is 5.86. The molecule has 3 aromatic rings. The van der Waals surface area contributed by atoms with Crippen molar-refractivity contribution in [1.29, 1.82) is 0 Å². The number of benzene rings is 1. The number of aliphatic hydroxyl groups is 1. The van der Waals surface area contributed by atoms with E-state index < -0.39 is 30.0 Å². The van der Waals surface area contributed by atoms with Gasteiger partial charge in [0.2, 0.25) is 0 Å². The molecule has 0 amide bonds. The molecule has 0 radical (unpaired) electrons. The van der Waals surface area contributed by atoms with E-state index in [2.05, 4.69) is 9.97 Å². The molecule has 0 bridgehead atoms. The fourth-order valence-corrected chi connectivity index (χ4v) is 4.39. The maximum Gasteiger partial charge on any atom is 0.433 e. The van der Waals surface area contributed by atoms with Crippen LogP contribution in [0.5, 0.6) is 0 Å². The molecular formula is C22H20F4N4O3. The van der Waals surface area contributed by atoms with Gasteiger partial charge >= 0.3 is 6.18 Å². The van der Waals surface area contributed by atoms with E-state index in [-0.39, 0.29) is 43.3 Å². The average Bonchev–Trinajstić information content (AvgIpc) is 3.29. The quantitative estimate of drug-likeness (QED) is 0.574. The van der Waals surface area contributed by atoms with Gasteiger partial charge in [-0.2, -0.15) is 13.2 Å². The molecule has 0 spiro atoms. The number of aliphatic hydroxyl groups excluding tert-OH is 1. The molecule has 0 aliphatic carbocycles. The maximum atomic E-state index is 15.1. The molecule has 2 aromatic heterocycles. The molecule has 11 heteroatoms. The van der Waals surface area contributed by atoms with Gasteiger partial charge in [0.15, 0.2) is 0 Å². The van der Waals surface area contributed by atoms with Crippen LogP contribution >= 0.6 is 0 Å². The van der Waals surface area contributed by atoms with Crippen molar-refractivity contribution in [3.8, 4) is 0 Å². The van der Waals surface area contributed by atoms with Gasteiger partial charge < -0.3 is 20.3 Å². The second-order valence-corrected chi connectivity index (χ2v) is 8.01. The highest BCUT2D eigenvalue weighted by atomic mass is 19.4. The topological polar surface area (TPSA) is 93.7 Å². The van der Waals surface area contributed by atoms with Crippen molar-refractivity contribution in [3.05, 3.63) is 64.2 Å². The lowest BCUT2D eigenvalue weighted by Gasteiger charge is -2.39. The molecule has 2 aliphatic heterocycles. The number of hydrogen-bond donors (Lipinski definition) is 2. The Hall–Kier alpha value is -2.86. The van der Waals surface area contributed by atoms with Crippen molar-refractivity contribution in [3.63, 3.8) is 0 Å². The van der Waals surface area contributed by atoms with Gasteiger partial charge in [0, 0.05) is 35.3 Å². The van der Waals surface area contributed by atoms with Gasteiger partial charge in [-0.15, -0.1) is 0 Å². The molecule has 2 unspecified atom stereocenters. The zero-order valence-electron chi connectivity index (χ0n) is 17.3. The molecule has 3 N–H and O–H groups in total. The van der Waals surface area contributed by atoms with E-state index in [9.17, 15) is 18.3 Å². The SMILES string of the molecule is Nc1nc2cc(F)c(C(O)N3CCOCC3c3ccnc(C(F)(F)F)c3)cc2c2c1COC2. The third-order valence-corrected chi connectivity index (χ3v) is 6.07. The van der Waals surface area contributed by atoms with Crippen molar-refractivity contribution in [2.45, 2.75) is 31.7 Å². The summed E-state index contributed by atoms with van der Waals surface area (Å²) in [6.07, 6.45) is -4.98. The van der Waals surface area contributed by atoms with Crippen LogP contribution in [0.2, 0.25) is 0 Å². The number of ether oxygens (including phenoxy) is 2. The first kappa shape index (κ1) is 22.0. The molecule has 2 aliphatic rings. The largest absolute Gasteiger partial charge is 0.433 e. The Kier molecular flexibility index (Phi) is 5.44. The summed E-state index contributed by atoms with van der Waals surface area (Å²) in [7, 11) is 0. The monoisotopic (exact) mass is 464 g/mol. The van der Waals surface area contributed by atoms with Gasteiger partial charge in [-0.05, 0) is 29.3 Å². The number of hydrogen-bond acceptors (Lipinski definition) is 7. The minimum absolute atomic E-state index is 0.0137. The Balaban J connectivity index is 1.54. The Morgan fingerprint density at radius 2 is 1.94 bits per heavy atom. The third kappa shape index (κ3) is 3.90. The molecule has 4 heterocycles. The number of halogens is 4. The highest BCUT2D eigenvalue weighted by Gasteiger charge is 2.36. The number of aromatic nitrogens is 2. The predicted molar refractivity (Wildman–Crippen MR) is 109 cm³/mol. The molecule has 2 atom stereocenters. The summed E-state index contributed by atoms with van der Waals surface area (Å²) in [6.45, 7) is 1.05. The van der Waals surface area contributed by atoms with Gasteiger partial charge in [0.05, 0.1) is 38.0 Å². The summed E-state index contributed by atoms with van der Waals surface area (Å²) in [5, 5.41) is 11.8. The number of nitrogens with zero attached hydrogens (tertiary/aromatic N) is 3. The zero-order valence-corrected chi connectivity index (χ0v) is 17.3. The number of nitrogen functional groups attached to an aromatic ring is 1. The van der Waals surface area contributed by atoms with Crippen molar-refractivity contribution in [2.24, 2.45) is 0 Å². The number of anilines is 1. The van der Waals surface area contributed by atoms with E-state index in [1.165, 1.54) is 23.1 Å². The second-order valence-electron chi connectivity index (χ2n) is 8.01. The Bertz CT molecular complexity index is 1220. The van der Waals surface area contributed by atoms with Gasteiger partial charge in [0.1, 0.15) is 23.6 Å². The van der Waals surface area contributed by atoms with Gasteiger partial charge in [-0.1, -0.05) is 0 Å². The van der Waals surface area contributed by atoms with E-state index in [1.807, 2.05) is 0 Å². The summed E-state index contributed by atoms with van der Waals surface area (Å²) in [6, 6.07) is 4.34. The minimum atomic E-state index is -4.61. The normalized spacial score (nSPS) is 20.2. The van der Waals surface area contributed by atoms with Crippen LogP contribution in [0, 0.1) is 5.82 Å². The van der Waals surface area contributed by atoms with Gasteiger partial charge in [-0.3, -0.25) is 9.88 Å². The van der Waals surface area contributed by atoms with E-state index in [0.29, 0.717) is 17.5 Å². The van der Waals surface area contributed by atoms with Crippen LogP contribution < -0.4 is 5.73 Å². The van der Waals surface area contributed by atoms with Crippen LogP contribution in [0.1, 0.15) is 40.2 Å². The lowest BCUT2D eigenvalue weighted by atomic mass is 9.99. The molecule has 1 saturated heterocycles. The van der Waals surface area contributed by atoms with Crippen molar-refractivity contribution in [1.82, 2.24) is 14.9 Å². The van der Waals surface area contributed by atoms with E-state index in [0.717, 1.165) is 23.4 Å². The first-order chi connectivity index (χ1) is 15.7. The fourth-order valence-electron chi connectivity index (χ4n) is 4.39. The smallest absolute Gasteiger partial charge is 0.383 e. The number of fused-ring (bicyclic) bond motifs is 3. The summed E-state index contributed by atoms with van der Waals surface area (Å²) >= 11 is 0. The van der Waals surface area contributed by atoms with Crippen LogP contribution in [0.4, 0.5) is 23.4 Å². The van der Waals surface area contributed by atoms with Crippen LogP contribution in [0.15, 0.2) is 30.5 Å². The molecule has 33 heavy (non-hydrogen) atoms. The molecule has 1 fully saturated rings. The Morgan fingerprint density at radius 1 is 1.15 bits per heavy atom. The molecule has 7 nitrogen and oxygen atoms in total. The number of rotatable bonds is 3. The standard InChI is InChI=1S/C22H20F4N4O3/c23-16-7-17-12(14-8-33-9-15(14)20(27)29-17)6-13(16)21(31)30-3-4-32-10-18(30)11-1-2-28-19(5-11)22(24,25)26/h1-2,5-7,18,21,31H,3-4,8-10H2,(H2,27,29). The number of nitrogens with two attached hydrogens (primary N) is 1. The summed E-state index contributed by atoms with van der Waals surface area (Å²) < 4.78 is 65.5. The van der Waals surface area contributed by atoms with E-state index >= 15 is 4.39 Å². The molecule has 5 rings (SSSR count). The third-order valence-electron chi connectivity index (χ3n) is 6.07. The maximum absolute atomic E-state index is 15.1. The molecule has 0 saturated carbocycles. The molecule has 1 aromatic carbocycles. The van der Waals surface area contributed by atoms with Crippen LogP contribution in [0.25, 0.3) is 10.9 Å². The molecular weight excluding hydrogens is 444 g/mol. The Labute approximate surface area is 185 Å². The van der Waals surface area contributed by atoms with Crippen LogP contribution in [-0.2, 0) is 28.9 Å². The van der Waals surface area contributed by atoms with Crippen molar-refractivity contribution >= 4 is 16.7 Å². The van der Waals surface area contributed by atoms with E-state index in [1.54, 1.807) is 0 Å². The summed E-state index contributed by atoms with van der Waals surface area (Å²) in [5.74, 6) is -0.425. The lowest BCUT2D eigenvalue weighted by molar-refractivity contribution is -0.141. The second kappa shape index (κ2) is 8.17. The Morgan fingerprint density at radius 3 is 2.73 bits per heavy atom. The number of pyridine rings is 2. The lowest BCUT2D eigenvalue weighted by Crippen LogP contribution is -2.42. The zero-order chi connectivity index (χ0) is 23.3. The fraction of sp³-hybridized carbons (Fsp3) is 0.364.